The maximum atomic E-state index is 12.9. The minimum atomic E-state index is -3.23. The third kappa shape index (κ3) is 4.38. The van der Waals surface area contributed by atoms with Crippen molar-refractivity contribution in [3.05, 3.63) is 29.8 Å². The molecule has 2 heterocycles. The number of hydrogen-bond acceptors (Lipinski definition) is 4. The predicted octanol–water partition coefficient (Wildman–Crippen LogP) is 1.48. The highest BCUT2D eigenvalue weighted by Crippen LogP contribution is 2.28. The lowest BCUT2D eigenvalue weighted by molar-refractivity contribution is -0.137. The van der Waals surface area contributed by atoms with Crippen LogP contribution < -0.4 is 4.90 Å². The number of rotatable bonds is 5. The second kappa shape index (κ2) is 8.21. The lowest BCUT2D eigenvalue weighted by Gasteiger charge is -2.36. The SMILES string of the molecule is CCc1ccc(N2CC(C(=O)N3CCC(N(C)S(C)(=O)=O)CC3)CC2=O)cc1. The average molecular weight is 408 g/mol. The van der Waals surface area contributed by atoms with Crippen LogP contribution in [0.4, 0.5) is 5.69 Å². The number of aryl methyl sites for hydroxylation is 1. The van der Waals surface area contributed by atoms with Gasteiger partial charge in [0.2, 0.25) is 21.8 Å². The van der Waals surface area contributed by atoms with Crippen molar-refractivity contribution in [3.8, 4) is 0 Å². The van der Waals surface area contributed by atoms with Crippen molar-refractivity contribution in [3.63, 3.8) is 0 Å². The van der Waals surface area contributed by atoms with E-state index in [0.29, 0.717) is 32.5 Å². The van der Waals surface area contributed by atoms with E-state index in [2.05, 4.69) is 6.92 Å². The largest absolute Gasteiger partial charge is 0.342 e. The van der Waals surface area contributed by atoms with Crippen LogP contribution >= 0.6 is 0 Å². The average Bonchev–Trinajstić information content (AvgIpc) is 3.08. The summed E-state index contributed by atoms with van der Waals surface area (Å²) in [6, 6.07) is 7.84. The molecule has 1 atom stereocenters. The summed E-state index contributed by atoms with van der Waals surface area (Å²) in [6.07, 6.45) is 3.63. The molecule has 2 amide bonds. The first-order chi connectivity index (χ1) is 13.2. The second-order valence-corrected chi connectivity index (χ2v) is 9.80. The van der Waals surface area contributed by atoms with Gasteiger partial charge >= 0.3 is 0 Å². The number of nitrogens with zero attached hydrogens (tertiary/aromatic N) is 3. The Morgan fingerprint density at radius 1 is 1.18 bits per heavy atom. The Labute approximate surface area is 167 Å². The van der Waals surface area contributed by atoms with Gasteiger partial charge in [0.15, 0.2) is 0 Å². The van der Waals surface area contributed by atoms with Crippen molar-refractivity contribution in [2.75, 3.05) is 37.8 Å². The van der Waals surface area contributed by atoms with E-state index in [0.717, 1.165) is 12.1 Å². The molecule has 154 valence electrons. The molecule has 2 aliphatic rings. The van der Waals surface area contributed by atoms with Crippen LogP contribution in [0.1, 0.15) is 31.7 Å². The number of carbonyl (C=O) groups excluding carboxylic acids is 2. The van der Waals surface area contributed by atoms with E-state index in [-0.39, 0.29) is 30.2 Å². The van der Waals surface area contributed by atoms with Gasteiger partial charge in [-0.1, -0.05) is 19.1 Å². The molecule has 0 aromatic heterocycles. The summed E-state index contributed by atoms with van der Waals surface area (Å²) in [5.41, 5.74) is 2.05. The number of anilines is 1. The highest BCUT2D eigenvalue weighted by atomic mass is 32.2. The van der Waals surface area contributed by atoms with Crippen LogP contribution in [0.3, 0.4) is 0 Å². The van der Waals surface area contributed by atoms with Crippen LogP contribution in [-0.4, -0.2) is 68.4 Å². The van der Waals surface area contributed by atoms with E-state index in [1.54, 1.807) is 16.8 Å². The van der Waals surface area contributed by atoms with Gasteiger partial charge in [0.25, 0.3) is 0 Å². The summed E-state index contributed by atoms with van der Waals surface area (Å²) in [5, 5.41) is 0. The highest BCUT2D eigenvalue weighted by molar-refractivity contribution is 7.88. The van der Waals surface area contributed by atoms with Gasteiger partial charge in [0.1, 0.15) is 0 Å². The van der Waals surface area contributed by atoms with E-state index in [1.807, 2.05) is 24.3 Å². The molecule has 1 aromatic carbocycles. The van der Waals surface area contributed by atoms with Crippen LogP contribution in [0.25, 0.3) is 0 Å². The molecule has 2 aliphatic heterocycles. The number of likely N-dealkylation sites (tertiary alicyclic amines) is 1. The fourth-order valence-electron chi connectivity index (χ4n) is 4.01. The van der Waals surface area contributed by atoms with Crippen LogP contribution in [0.15, 0.2) is 24.3 Å². The molecule has 1 unspecified atom stereocenters. The molecule has 0 saturated carbocycles. The quantitative estimate of drug-likeness (QED) is 0.741. The number of sulfonamides is 1. The van der Waals surface area contributed by atoms with Crippen molar-refractivity contribution >= 4 is 27.5 Å². The molecule has 0 aliphatic carbocycles. The Morgan fingerprint density at radius 3 is 2.32 bits per heavy atom. The first-order valence-corrected chi connectivity index (χ1v) is 11.7. The van der Waals surface area contributed by atoms with Gasteiger partial charge in [-0.3, -0.25) is 9.59 Å². The summed E-state index contributed by atoms with van der Waals surface area (Å²) in [5.74, 6) is -0.349. The normalized spacial score (nSPS) is 21.6. The lowest BCUT2D eigenvalue weighted by Crippen LogP contribution is -2.48. The fourth-order valence-corrected chi connectivity index (χ4v) is 4.77. The Kier molecular flexibility index (Phi) is 6.09. The molecule has 28 heavy (non-hydrogen) atoms. The van der Waals surface area contributed by atoms with Crippen molar-refractivity contribution in [2.45, 2.75) is 38.6 Å². The summed E-state index contributed by atoms with van der Waals surface area (Å²) >= 11 is 0. The molecule has 8 heteroatoms. The number of carbonyl (C=O) groups is 2. The summed E-state index contributed by atoms with van der Waals surface area (Å²) in [6.45, 7) is 3.55. The Bertz CT molecular complexity index is 830. The molecule has 1 aromatic rings. The smallest absolute Gasteiger partial charge is 0.228 e. The first-order valence-electron chi connectivity index (χ1n) is 9.81. The number of hydrogen-bond donors (Lipinski definition) is 0. The van der Waals surface area contributed by atoms with Gasteiger partial charge in [0, 0.05) is 44.8 Å². The van der Waals surface area contributed by atoms with E-state index >= 15 is 0 Å². The van der Waals surface area contributed by atoms with Gasteiger partial charge < -0.3 is 9.80 Å². The third-order valence-electron chi connectivity index (χ3n) is 5.94. The molecule has 2 fully saturated rings. The monoisotopic (exact) mass is 407 g/mol. The first kappa shape index (κ1) is 20.8. The van der Waals surface area contributed by atoms with E-state index < -0.39 is 10.0 Å². The van der Waals surface area contributed by atoms with E-state index in [9.17, 15) is 18.0 Å². The standard InChI is InChI=1S/C20H29N3O4S/c1-4-15-5-7-18(8-6-15)23-14-16(13-19(23)24)20(25)22-11-9-17(10-12-22)21(2)28(3,26)27/h5-8,16-17H,4,9-14H2,1-3H3. The Morgan fingerprint density at radius 2 is 1.79 bits per heavy atom. The van der Waals surface area contributed by atoms with E-state index in [1.165, 1.54) is 16.1 Å². The van der Waals surface area contributed by atoms with Crippen LogP contribution in [-0.2, 0) is 26.0 Å². The van der Waals surface area contributed by atoms with Gasteiger partial charge in [0.05, 0.1) is 12.2 Å². The zero-order valence-corrected chi connectivity index (χ0v) is 17.6. The zero-order valence-electron chi connectivity index (χ0n) is 16.8. The molecule has 0 radical (unpaired) electrons. The van der Waals surface area contributed by atoms with Crippen LogP contribution in [0.2, 0.25) is 0 Å². The lowest BCUT2D eigenvalue weighted by atomic mass is 10.0. The van der Waals surface area contributed by atoms with Crippen LogP contribution in [0, 0.1) is 5.92 Å². The van der Waals surface area contributed by atoms with Crippen LogP contribution in [0.5, 0.6) is 0 Å². The van der Waals surface area contributed by atoms with Gasteiger partial charge in [-0.2, -0.15) is 0 Å². The molecule has 0 bridgehead atoms. The molecule has 7 nitrogen and oxygen atoms in total. The molecule has 2 saturated heterocycles. The minimum Gasteiger partial charge on any atom is -0.342 e. The molecule has 0 spiro atoms. The van der Waals surface area contributed by atoms with Crippen molar-refractivity contribution in [2.24, 2.45) is 5.92 Å². The molecule has 3 rings (SSSR count). The third-order valence-corrected chi connectivity index (χ3v) is 7.29. The maximum absolute atomic E-state index is 12.9. The highest BCUT2D eigenvalue weighted by Gasteiger charge is 2.38. The Hall–Kier alpha value is -1.93. The maximum Gasteiger partial charge on any atom is 0.228 e. The minimum absolute atomic E-state index is 0.00138. The number of amides is 2. The molecular formula is C20H29N3O4S. The fraction of sp³-hybridized carbons (Fsp3) is 0.600. The number of piperidine rings is 1. The van der Waals surface area contributed by atoms with Crippen molar-refractivity contribution in [1.82, 2.24) is 9.21 Å². The number of benzene rings is 1. The Balaban J connectivity index is 1.59. The van der Waals surface area contributed by atoms with Crippen molar-refractivity contribution < 1.29 is 18.0 Å². The zero-order chi connectivity index (χ0) is 20.5. The summed E-state index contributed by atoms with van der Waals surface area (Å²) < 4.78 is 24.8. The summed E-state index contributed by atoms with van der Waals surface area (Å²) in [7, 11) is -1.64. The summed E-state index contributed by atoms with van der Waals surface area (Å²) in [4.78, 5) is 28.9. The van der Waals surface area contributed by atoms with Gasteiger partial charge in [-0.15, -0.1) is 0 Å². The molecule has 0 N–H and O–H groups in total. The second-order valence-electron chi connectivity index (χ2n) is 7.76. The van der Waals surface area contributed by atoms with Gasteiger partial charge in [-0.25, -0.2) is 12.7 Å². The van der Waals surface area contributed by atoms with Crippen molar-refractivity contribution in [1.29, 1.82) is 0 Å². The topological polar surface area (TPSA) is 78.0 Å². The van der Waals surface area contributed by atoms with Gasteiger partial charge in [-0.05, 0) is 37.0 Å². The molecular weight excluding hydrogens is 378 g/mol. The van der Waals surface area contributed by atoms with E-state index in [4.69, 9.17) is 0 Å². The predicted molar refractivity (Wildman–Crippen MR) is 108 cm³/mol.